The zero-order valence-electron chi connectivity index (χ0n) is 14.0. The maximum absolute atomic E-state index is 13.2. The molecule has 3 rings (SSSR count). The van der Waals surface area contributed by atoms with Gasteiger partial charge in [0.1, 0.15) is 5.82 Å². The van der Waals surface area contributed by atoms with Crippen LogP contribution in [0.15, 0.2) is 30.3 Å². The molecule has 0 bridgehead atoms. The summed E-state index contributed by atoms with van der Waals surface area (Å²) in [6, 6.07) is 8.56. The normalized spacial score (nSPS) is 18.3. The number of carbonyl (C=O) groups excluding carboxylic acids is 1. The number of carbonyl (C=O) groups is 1. The van der Waals surface area contributed by atoms with Crippen molar-refractivity contribution >= 4 is 5.91 Å². The number of hydrogen-bond donors (Lipinski definition) is 0. The third kappa shape index (κ3) is 2.90. The number of amides is 1. The highest BCUT2D eigenvalue weighted by Gasteiger charge is 2.30. The molecular formula is C19H23FN2O. The Morgan fingerprint density at radius 1 is 1.17 bits per heavy atom. The van der Waals surface area contributed by atoms with Gasteiger partial charge in [-0.25, -0.2) is 4.39 Å². The molecule has 3 nitrogen and oxygen atoms in total. The average molecular weight is 314 g/mol. The van der Waals surface area contributed by atoms with Crippen LogP contribution in [0, 0.1) is 19.7 Å². The lowest BCUT2D eigenvalue weighted by Crippen LogP contribution is -2.38. The van der Waals surface area contributed by atoms with Crippen molar-refractivity contribution in [3.05, 3.63) is 58.7 Å². The molecule has 0 spiro atoms. The van der Waals surface area contributed by atoms with E-state index in [1.165, 1.54) is 12.1 Å². The van der Waals surface area contributed by atoms with E-state index in [0.717, 1.165) is 48.3 Å². The molecule has 2 aromatic rings. The van der Waals surface area contributed by atoms with E-state index in [9.17, 15) is 9.18 Å². The number of nitrogens with zero attached hydrogens (tertiary/aromatic N) is 2. The number of halogens is 1. The molecule has 2 heterocycles. The summed E-state index contributed by atoms with van der Waals surface area (Å²) in [5, 5.41) is 0. The summed E-state index contributed by atoms with van der Waals surface area (Å²) < 4.78 is 15.2. The van der Waals surface area contributed by atoms with E-state index < -0.39 is 0 Å². The number of likely N-dealkylation sites (tertiary alicyclic amines) is 1. The Balaban J connectivity index is 1.93. The summed E-state index contributed by atoms with van der Waals surface area (Å²) >= 11 is 0. The van der Waals surface area contributed by atoms with Gasteiger partial charge in [-0.2, -0.15) is 0 Å². The molecule has 1 saturated heterocycles. The van der Waals surface area contributed by atoms with Gasteiger partial charge < -0.3 is 9.47 Å². The van der Waals surface area contributed by atoms with Crippen LogP contribution in [-0.2, 0) is 7.05 Å². The monoisotopic (exact) mass is 314 g/mol. The van der Waals surface area contributed by atoms with Gasteiger partial charge in [0, 0.05) is 25.0 Å². The highest BCUT2D eigenvalue weighted by atomic mass is 19.1. The molecule has 23 heavy (non-hydrogen) atoms. The zero-order chi connectivity index (χ0) is 16.6. The molecule has 0 saturated carbocycles. The predicted octanol–water partition coefficient (Wildman–Crippen LogP) is 4.15. The summed E-state index contributed by atoms with van der Waals surface area (Å²) in [5.41, 5.74) is 3.88. The van der Waals surface area contributed by atoms with Crippen molar-refractivity contribution < 1.29 is 9.18 Å². The van der Waals surface area contributed by atoms with Gasteiger partial charge in [-0.1, -0.05) is 12.1 Å². The van der Waals surface area contributed by atoms with Gasteiger partial charge in [0.2, 0.25) is 0 Å². The lowest BCUT2D eigenvalue weighted by atomic mass is 9.94. The first kappa shape index (κ1) is 15.8. The van der Waals surface area contributed by atoms with Gasteiger partial charge in [-0.3, -0.25) is 4.79 Å². The number of benzene rings is 1. The Labute approximate surface area is 136 Å². The summed E-state index contributed by atoms with van der Waals surface area (Å²) in [6.07, 6.45) is 3.05. The second kappa shape index (κ2) is 6.19. The van der Waals surface area contributed by atoms with Crippen LogP contribution in [0.4, 0.5) is 4.39 Å². The molecule has 1 aromatic heterocycles. The molecule has 122 valence electrons. The molecule has 1 amide bonds. The zero-order valence-corrected chi connectivity index (χ0v) is 14.0. The van der Waals surface area contributed by atoms with Gasteiger partial charge in [0.05, 0.1) is 11.6 Å². The Hall–Kier alpha value is -2.10. The van der Waals surface area contributed by atoms with E-state index in [1.54, 1.807) is 12.1 Å². The molecule has 4 heteroatoms. The molecule has 1 fully saturated rings. The van der Waals surface area contributed by atoms with Crippen LogP contribution < -0.4 is 0 Å². The molecule has 0 N–H and O–H groups in total. The lowest BCUT2D eigenvalue weighted by Gasteiger charge is -2.36. The number of piperidine rings is 1. The minimum atomic E-state index is -0.239. The number of aromatic nitrogens is 1. The minimum absolute atomic E-state index is 0.0387. The number of rotatable bonds is 2. The van der Waals surface area contributed by atoms with Crippen LogP contribution in [0.3, 0.4) is 0 Å². The van der Waals surface area contributed by atoms with Crippen LogP contribution in [0.5, 0.6) is 0 Å². The van der Waals surface area contributed by atoms with Crippen LogP contribution in [0.1, 0.15) is 52.6 Å². The van der Waals surface area contributed by atoms with E-state index >= 15 is 0 Å². The number of aryl methyl sites for hydroxylation is 1. The molecule has 1 aliphatic heterocycles. The van der Waals surface area contributed by atoms with Crippen LogP contribution in [0.2, 0.25) is 0 Å². The van der Waals surface area contributed by atoms with E-state index in [4.69, 9.17) is 0 Å². The molecular weight excluding hydrogens is 291 g/mol. The van der Waals surface area contributed by atoms with Crippen molar-refractivity contribution in [2.24, 2.45) is 7.05 Å². The fourth-order valence-corrected chi connectivity index (χ4v) is 3.43. The Morgan fingerprint density at radius 3 is 2.48 bits per heavy atom. The van der Waals surface area contributed by atoms with Crippen LogP contribution >= 0.6 is 0 Å². The highest BCUT2D eigenvalue weighted by molar-refractivity contribution is 5.96. The maximum atomic E-state index is 13.2. The SMILES string of the molecule is Cc1cc(C(=O)N2CCCC[C@H]2c2ccc(F)cc2)c(C)n1C. The van der Waals surface area contributed by atoms with E-state index in [-0.39, 0.29) is 17.8 Å². The van der Waals surface area contributed by atoms with Gasteiger partial charge >= 0.3 is 0 Å². The fraction of sp³-hybridized carbons (Fsp3) is 0.421. The average Bonchev–Trinajstić information content (AvgIpc) is 2.82. The molecule has 0 unspecified atom stereocenters. The second-order valence-corrected chi connectivity index (χ2v) is 6.41. The largest absolute Gasteiger partial charge is 0.351 e. The number of hydrogen-bond acceptors (Lipinski definition) is 1. The predicted molar refractivity (Wildman–Crippen MR) is 88.9 cm³/mol. The highest BCUT2D eigenvalue weighted by Crippen LogP contribution is 2.33. The van der Waals surface area contributed by atoms with Crippen LogP contribution in [-0.4, -0.2) is 21.9 Å². The van der Waals surface area contributed by atoms with Gasteiger partial charge in [0.25, 0.3) is 5.91 Å². The topological polar surface area (TPSA) is 25.2 Å². The quantitative estimate of drug-likeness (QED) is 0.817. The Bertz CT molecular complexity index is 718. The summed E-state index contributed by atoms with van der Waals surface area (Å²) in [7, 11) is 1.98. The molecule has 0 aliphatic carbocycles. The Morgan fingerprint density at radius 2 is 1.87 bits per heavy atom. The molecule has 1 aliphatic rings. The molecule has 0 radical (unpaired) electrons. The summed E-state index contributed by atoms with van der Waals surface area (Å²) in [6.45, 7) is 4.75. The third-order valence-corrected chi connectivity index (χ3v) is 5.02. The van der Waals surface area contributed by atoms with Gasteiger partial charge in [-0.05, 0) is 56.9 Å². The first-order chi connectivity index (χ1) is 11.0. The van der Waals surface area contributed by atoms with Crippen molar-refractivity contribution in [3.63, 3.8) is 0 Å². The summed E-state index contributed by atoms with van der Waals surface area (Å²) in [5.74, 6) is -0.155. The van der Waals surface area contributed by atoms with Gasteiger partial charge in [0.15, 0.2) is 0 Å². The third-order valence-electron chi connectivity index (χ3n) is 5.02. The standard InChI is InChI=1S/C19H23FN2O/c1-13-12-17(14(2)21(13)3)19(23)22-11-5-4-6-18(22)15-7-9-16(20)10-8-15/h7-10,12,18H,4-6,11H2,1-3H3/t18-/m0/s1. The van der Waals surface area contributed by atoms with Crippen molar-refractivity contribution in [1.82, 2.24) is 9.47 Å². The van der Waals surface area contributed by atoms with E-state index in [1.807, 2.05) is 36.4 Å². The van der Waals surface area contributed by atoms with Gasteiger partial charge in [-0.15, -0.1) is 0 Å². The lowest BCUT2D eigenvalue weighted by molar-refractivity contribution is 0.0610. The minimum Gasteiger partial charge on any atom is -0.351 e. The Kier molecular flexibility index (Phi) is 4.24. The van der Waals surface area contributed by atoms with E-state index in [0.29, 0.717) is 0 Å². The maximum Gasteiger partial charge on any atom is 0.256 e. The van der Waals surface area contributed by atoms with E-state index in [2.05, 4.69) is 0 Å². The first-order valence-electron chi connectivity index (χ1n) is 8.18. The second-order valence-electron chi connectivity index (χ2n) is 6.41. The first-order valence-corrected chi connectivity index (χ1v) is 8.18. The smallest absolute Gasteiger partial charge is 0.256 e. The van der Waals surface area contributed by atoms with Crippen molar-refractivity contribution in [3.8, 4) is 0 Å². The fourth-order valence-electron chi connectivity index (χ4n) is 3.43. The molecule has 1 aromatic carbocycles. The molecule has 1 atom stereocenters. The van der Waals surface area contributed by atoms with Crippen molar-refractivity contribution in [2.45, 2.75) is 39.2 Å². The van der Waals surface area contributed by atoms with Crippen molar-refractivity contribution in [1.29, 1.82) is 0 Å². The van der Waals surface area contributed by atoms with Crippen LogP contribution in [0.25, 0.3) is 0 Å². The van der Waals surface area contributed by atoms with Crippen molar-refractivity contribution in [2.75, 3.05) is 6.54 Å². The summed E-state index contributed by atoms with van der Waals surface area (Å²) in [4.78, 5) is 15.0.